The number of imidazole rings is 1. The quantitative estimate of drug-likeness (QED) is 0.632. The van der Waals surface area contributed by atoms with Gasteiger partial charge in [-0.1, -0.05) is 6.07 Å². The van der Waals surface area contributed by atoms with Crippen LogP contribution in [0, 0.1) is 5.82 Å². The first-order chi connectivity index (χ1) is 13.1. The second-order valence-electron chi connectivity index (χ2n) is 6.04. The van der Waals surface area contributed by atoms with Gasteiger partial charge in [0.2, 0.25) is 5.88 Å². The lowest BCUT2D eigenvalue weighted by Gasteiger charge is -2.17. The van der Waals surface area contributed by atoms with E-state index >= 15 is 0 Å². The predicted molar refractivity (Wildman–Crippen MR) is 100 cm³/mol. The first-order valence-electron chi connectivity index (χ1n) is 8.50. The zero-order valence-electron chi connectivity index (χ0n) is 15.8. The highest BCUT2D eigenvalue weighted by molar-refractivity contribution is 5.84. The molecule has 0 fully saturated rings. The van der Waals surface area contributed by atoms with E-state index in [1.165, 1.54) is 13.2 Å². The predicted octanol–water partition coefficient (Wildman–Crippen LogP) is 3.80. The smallest absolute Gasteiger partial charge is 0.224 e. The summed E-state index contributed by atoms with van der Waals surface area (Å²) < 4.78 is 32.1. The lowest BCUT2D eigenvalue weighted by atomic mass is 10.00. The SMILES string of the molecule is COc1ccc(-c2ccnc(OC)c2-c2nccn2CC(C)OC)cc1F. The summed E-state index contributed by atoms with van der Waals surface area (Å²) in [6.45, 7) is 2.59. The molecule has 1 aromatic carbocycles. The van der Waals surface area contributed by atoms with Crippen molar-refractivity contribution in [1.82, 2.24) is 14.5 Å². The molecule has 0 bridgehead atoms. The van der Waals surface area contributed by atoms with Crippen molar-refractivity contribution >= 4 is 0 Å². The summed E-state index contributed by atoms with van der Waals surface area (Å²) in [6.07, 6.45) is 5.21. The van der Waals surface area contributed by atoms with Crippen molar-refractivity contribution in [2.75, 3.05) is 21.3 Å². The summed E-state index contributed by atoms with van der Waals surface area (Å²) >= 11 is 0. The van der Waals surface area contributed by atoms with Crippen molar-refractivity contribution < 1.29 is 18.6 Å². The Morgan fingerprint density at radius 1 is 1.07 bits per heavy atom. The Labute approximate surface area is 157 Å². The number of methoxy groups -OCH3 is 3. The van der Waals surface area contributed by atoms with Gasteiger partial charge in [0, 0.05) is 25.7 Å². The molecule has 0 aliphatic carbocycles. The molecule has 27 heavy (non-hydrogen) atoms. The fraction of sp³-hybridized carbons (Fsp3) is 0.300. The topological polar surface area (TPSA) is 58.4 Å². The molecule has 0 saturated heterocycles. The average Bonchev–Trinajstić information content (AvgIpc) is 3.14. The van der Waals surface area contributed by atoms with Gasteiger partial charge in [-0.25, -0.2) is 14.4 Å². The first kappa shape index (κ1) is 18.8. The minimum atomic E-state index is -0.437. The highest BCUT2D eigenvalue weighted by Crippen LogP contribution is 2.38. The molecular weight excluding hydrogens is 349 g/mol. The fourth-order valence-corrected chi connectivity index (χ4v) is 2.92. The van der Waals surface area contributed by atoms with Crippen LogP contribution < -0.4 is 9.47 Å². The number of aromatic nitrogens is 3. The zero-order chi connectivity index (χ0) is 19.4. The summed E-state index contributed by atoms with van der Waals surface area (Å²) in [5, 5.41) is 0. The Morgan fingerprint density at radius 3 is 2.56 bits per heavy atom. The molecule has 0 aliphatic rings. The van der Waals surface area contributed by atoms with E-state index in [9.17, 15) is 4.39 Å². The van der Waals surface area contributed by atoms with E-state index in [2.05, 4.69) is 9.97 Å². The van der Waals surface area contributed by atoms with Gasteiger partial charge in [-0.15, -0.1) is 0 Å². The van der Waals surface area contributed by atoms with Crippen LogP contribution in [0.2, 0.25) is 0 Å². The summed E-state index contributed by atoms with van der Waals surface area (Å²) in [7, 11) is 4.65. The molecule has 0 radical (unpaired) electrons. The number of nitrogens with zero attached hydrogens (tertiary/aromatic N) is 3. The highest BCUT2D eigenvalue weighted by atomic mass is 19.1. The molecule has 3 rings (SSSR count). The van der Waals surface area contributed by atoms with Crippen LogP contribution in [0.3, 0.4) is 0 Å². The standard InChI is InChI=1S/C20H22FN3O3/c1-13(25-2)12-24-10-9-22-19(24)18-15(7-8-23-20(18)27-4)14-5-6-17(26-3)16(21)11-14/h5-11,13H,12H2,1-4H3. The molecule has 1 atom stereocenters. The normalized spacial score (nSPS) is 12.0. The maximum Gasteiger partial charge on any atom is 0.224 e. The molecule has 7 heteroatoms. The average molecular weight is 371 g/mol. The molecule has 0 aliphatic heterocycles. The van der Waals surface area contributed by atoms with Crippen LogP contribution in [-0.2, 0) is 11.3 Å². The Bertz CT molecular complexity index is 927. The van der Waals surface area contributed by atoms with E-state index in [0.717, 1.165) is 5.56 Å². The maximum absolute atomic E-state index is 14.3. The second kappa shape index (κ2) is 8.18. The molecule has 1 unspecified atom stereocenters. The van der Waals surface area contributed by atoms with Gasteiger partial charge in [0.1, 0.15) is 5.82 Å². The molecule has 3 aromatic rings. The van der Waals surface area contributed by atoms with E-state index in [1.807, 2.05) is 23.8 Å². The highest BCUT2D eigenvalue weighted by Gasteiger charge is 2.20. The Hall–Kier alpha value is -2.93. The molecule has 0 saturated carbocycles. The molecule has 0 N–H and O–H groups in total. The van der Waals surface area contributed by atoms with Gasteiger partial charge < -0.3 is 18.8 Å². The van der Waals surface area contributed by atoms with Crippen LogP contribution >= 0.6 is 0 Å². The van der Waals surface area contributed by atoms with Crippen molar-refractivity contribution in [3.05, 3.63) is 48.7 Å². The molecule has 2 heterocycles. The number of hydrogen-bond acceptors (Lipinski definition) is 5. The van der Waals surface area contributed by atoms with Crippen molar-refractivity contribution in [2.45, 2.75) is 19.6 Å². The number of rotatable bonds is 7. The Kier molecular flexibility index (Phi) is 5.71. The number of halogens is 1. The number of benzene rings is 1. The monoisotopic (exact) mass is 371 g/mol. The van der Waals surface area contributed by atoms with Crippen LogP contribution in [-0.4, -0.2) is 42.0 Å². The van der Waals surface area contributed by atoms with Gasteiger partial charge in [0.05, 0.1) is 32.4 Å². The van der Waals surface area contributed by atoms with Gasteiger partial charge >= 0.3 is 0 Å². The van der Waals surface area contributed by atoms with Gasteiger partial charge in [0.15, 0.2) is 11.6 Å². The van der Waals surface area contributed by atoms with Crippen LogP contribution in [0.1, 0.15) is 6.92 Å². The summed E-state index contributed by atoms with van der Waals surface area (Å²) in [5.74, 6) is 0.848. The van der Waals surface area contributed by atoms with Crippen LogP contribution in [0.15, 0.2) is 42.9 Å². The van der Waals surface area contributed by atoms with Crippen LogP contribution in [0.4, 0.5) is 4.39 Å². The third-order valence-corrected chi connectivity index (χ3v) is 4.37. The number of hydrogen-bond donors (Lipinski definition) is 0. The third-order valence-electron chi connectivity index (χ3n) is 4.37. The molecule has 2 aromatic heterocycles. The van der Waals surface area contributed by atoms with Crippen molar-refractivity contribution in [1.29, 1.82) is 0 Å². The van der Waals surface area contributed by atoms with E-state index < -0.39 is 5.82 Å². The third kappa shape index (κ3) is 3.78. The fourth-order valence-electron chi connectivity index (χ4n) is 2.92. The van der Waals surface area contributed by atoms with Gasteiger partial charge in [-0.2, -0.15) is 0 Å². The second-order valence-corrected chi connectivity index (χ2v) is 6.04. The molecule has 6 nitrogen and oxygen atoms in total. The largest absolute Gasteiger partial charge is 0.494 e. The Morgan fingerprint density at radius 2 is 1.89 bits per heavy atom. The van der Waals surface area contributed by atoms with E-state index in [0.29, 0.717) is 29.4 Å². The van der Waals surface area contributed by atoms with Crippen molar-refractivity contribution in [3.63, 3.8) is 0 Å². The lowest BCUT2D eigenvalue weighted by Crippen LogP contribution is -2.15. The number of ether oxygens (including phenoxy) is 3. The van der Waals surface area contributed by atoms with Crippen LogP contribution in [0.25, 0.3) is 22.5 Å². The lowest BCUT2D eigenvalue weighted by molar-refractivity contribution is 0.103. The minimum Gasteiger partial charge on any atom is -0.494 e. The molecule has 0 spiro atoms. The van der Waals surface area contributed by atoms with E-state index in [-0.39, 0.29) is 11.9 Å². The first-order valence-corrected chi connectivity index (χ1v) is 8.50. The van der Waals surface area contributed by atoms with Crippen LogP contribution in [0.5, 0.6) is 11.6 Å². The van der Waals surface area contributed by atoms with E-state index in [4.69, 9.17) is 14.2 Å². The maximum atomic E-state index is 14.3. The molecule has 142 valence electrons. The summed E-state index contributed by atoms with van der Waals surface area (Å²) in [4.78, 5) is 8.80. The molecule has 0 amide bonds. The van der Waals surface area contributed by atoms with Gasteiger partial charge in [-0.05, 0) is 36.2 Å². The summed E-state index contributed by atoms with van der Waals surface area (Å²) in [5.41, 5.74) is 2.14. The Balaban J connectivity index is 2.16. The zero-order valence-corrected chi connectivity index (χ0v) is 15.8. The van der Waals surface area contributed by atoms with E-state index in [1.54, 1.807) is 38.7 Å². The minimum absolute atomic E-state index is 0.00231. The molecular formula is C20H22FN3O3. The summed E-state index contributed by atoms with van der Waals surface area (Å²) in [6, 6.07) is 6.64. The number of pyridine rings is 1. The van der Waals surface area contributed by atoms with Crippen molar-refractivity contribution in [2.24, 2.45) is 0 Å². The van der Waals surface area contributed by atoms with Gasteiger partial charge in [0.25, 0.3) is 0 Å². The van der Waals surface area contributed by atoms with Gasteiger partial charge in [-0.3, -0.25) is 0 Å². The van der Waals surface area contributed by atoms with Crippen molar-refractivity contribution in [3.8, 4) is 34.1 Å².